The Hall–Kier alpha value is -1.84. The summed E-state index contributed by atoms with van der Waals surface area (Å²) >= 11 is 0. The molecule has 0 aromatic heterocycles. The van der Waals surface area contributed by atoms with Crippen molar-refractivity contribution in [1.82, 2.24) is 0 Å². The Morgan fingerprint density at radius 3 is 3.05 bits per heavy atom. The van der Waals surface area contributed by atoms with Crippen molar-refractivity contribution in [3.05, 3.63) is 35.4 Å². The van der Waals surface area contributed by atoms with Crippen LogP contribution in [0.1, 0.15) is 43.2 Å². The Morgan fingerprint density at radius 1 is 1.53 bits per heavy atom. The molecule has 0 amide bonds. The van der Waals surface area contributed by atoms with Gasteiger partial charge in [0.2, 0.25) is 0 Å². The minimum atomic E-state index is -0.857. The zero-order valence-corrected chi connectivity index (χ0v) is 10.9. The third-order valence-corrected chi connectivity index (χ3v) is 4.34. The second kappa shape index (κ2) is 4.37. The first-order valence-corrected chi connectivity index (χ1v) is 6.74. The summed E-state index contributed by atoms with van der Waals surface area (Å²) in [6, 6.07) is 7.88. The second-order valence-corrected chi connectivity index (χ2v) is 5.14. The first-order valence-electron chi connectivity index (χ1n) is 6.74. The van der Waals surface area contributed by atoms with Crippen LogP contribution in [0.3, 0.4) is 0 Å². The van der Waals surface area contributed by atoms with Crippen LogP contribution < -0.4 is 0 Å². The Bertz CT molecular complexity index is 552. The number of carbonyl (C=O) groups excluding carboxylic acids is 1. The van der Waals surface area contributed by atoms with Crippen molar-refractivity contribution in [3.63, 3.8) is 0 Å². The number of ether oxygens (including phenoxy) is 1. The van der Waals surface area contributed by atoms with E-state index in [0.717, 1.165) is 24.0 Å². The molecule has 19 heavy (non-hydrogen) atoms. The Morgan fingerprint density at radius 2 is 2.32 bits per heavy atom. The molecule has 4 heteroatoms. The normalized spacial score (nSPS) is 30.2. The number of nitrogens with zero attached hydrogens (tertiary/aromatic N) is 1. The third kappa shape index (κ3) is 1.46. The summed E-state index contributed by atoms with van der Waals surface area (Å²) in [6.07, 6.45) is 2.54. The molecule has 100 valence electrons. The van der Waals surface area contributed by atoms with E-state index >= 15 is 0 Å². The summed E-state index contributed by atoms with van der Waals surface area (Å²) in [4.78, 5) is 12.5. The summed E-state index contributed by atoms with van der Waals surface area (Å²) in [6.45, 7) is 2.14. The molecule has 1 saturated carbocycles. The molecule has 2 unspecified atom stereocenters. The molecular formula is C15H17NO3. The molecule has 1 N–H and O–H groups in total. The fraction of sp³-hybridized carbons (Fsp3) is 0.467. The van der Waals surface area contributed by atoms with Crippen LogP contribution in [0.25, 0.3) is 0 Å². The Balaban J connectivity index is 2.22. The number of rotatable bonds is 2. The third-order valence-electron chi connectivity index (χ3n) is 4.34. The smallest absolute Gasteiger partial charge is 0.322 e. The van der Waals surface area contributed by atoms with Crippen molar-refractivity contribution in [1.29, 1.82) is 0 Å². The van der Waals surface area contributed by atoms with Gasteiger partial charge in [-0.15, -0.1) is 0 Å². The number of fused-ring (bicyclic) bond motifs is 5. The van der Waals surface area contributed by atoms with E-state index in [1.165, 1.54) is 0 Å². The maximum Gasteiger partial charge on any atom is 0.322 e. The largest absolute Gasteiger partial charge is 0.465 e. The van der Waals surface area contributed by atoms with Crippen LogP contribution in [0, 0.1) is 0 Å². The lowest BCUT2D eigenvalue weighted by atomic mass is 9.71. The van der Waals surface area contributed by atoms with Gasteiger partial charge in [-0.3, -0.25) is 4.79 Å². The van der Waals surface area contributed by atoms with Gasteiger partial charge in [-0.25, -0.2) is 0 Å². The van der Waals surface area contributed by atoms with Crippen molar-refractivity contribution >= 4 is 11.7 Å². The van der Waals surface area contributed by atoms with E-state index in [0.29, 0.717) is 18.7 Å². The summed E-state index contributed by atoms with van der Waals surface area (Å²) in [5, 5.41) is 12.9. The average molecular weight is 259 g/mol. The van der Waals surface area contributed by atoms with Gasteiger partial charge in [0.25, 0.3) is 0 Å². The van der Waals surface area contributed by atoms with Crippen molar-refractivity contribution in [2.45, 2.75) is 37.5 Å². The fourth-order valence-corrected chi connectivity index (χ4v) is 3.62. The van der Waals surface area contributed by atoms with Gasteiger partial charge in [0, 0.05) is 5.92 Å². The number of oxime groups is 1. The molecule has 0 aliphatic heterocycles. The molecule has 2 aliphatic carbocycles. The standard InChI is InChI=1S/C15H17NO3/c1-2-19-14(17)15-9-5-7-11(13(15)16-18)10-6-3-4-8-12(10)15/h3-4,6,8,11,18H,2,5,7,9H2,1H3. The molecule has 2 aliphatic rings. The van der Waals surface area contributed by atoms with E-state index in [4.69, 9.17) is 4.74 Å². The van der Waals surface area contributed by atoms with E-state index in [1.54, 1.807) is 6.92 Å². The van der Waals surface area contributed by atoms with Crippen LogP contribution in [0.5, 0.6) is 0 Å². The highest BCUT2D eigenvalue weighted by Gasteiger charge is 2.58. The molecule has 1 fully saturated rings. The quantitative estimate of drug-likeness (QED) is 0.504. The summed E-state index contributed by atoms with van der Waals surface area (Å²) < 4.78 is 5.26. The van der Waals surface area contributed by atoms with Gasteiger partial charge in [0.1, 0.15) is 5.41 Å². The molecular weight excluding hydrogens is 242 g/mol. The Kier molecular flexibility index (Phi) is 2.81. The molecule has 3 rings (SSSR count). The molecule has 4 nitrogen and oxygen atoms in total. The predicted octanol–water partition coefficient (Wildman–Crippen LogP) is 2.60. The summed E-state index contributed by atoms with van der Waals surface area (Å²) in [5.74, 6) is -0.225. The zero-order chi connectivity index (χ0) is 13.5. The minimum absolute atomic E-state index is 0.0550. The molecule has 2 atom stereocenters. The highest BCUT2D eigenvalue weighted by molar-refractivity contribution is 6.18. The maximum atomic E-state index is 12.5. The minimum Gasteiger partial charge on any atom is -0.465 e. The van der Waals surface area contributed by atoms with Crippen molar-refractivity contribution < 1.29 is 14.7 Å². The van der Waals surface area contributed by atoms with E-state index in [-0.39, 0.29) is 11.9 Å². The highest BCUT2D eigenvalue weighted by atomic mass is 16.5. The van der Waals surface area contributed by atoms with Gasteiger partial charge >= 0.3 is 5.97 Å². The first kappa shape index (κ1) is 12.2. The van der Waals surface area contributed by atoms with Crippen LogP contribution in [-0.4, -0.2) is 23.5 Å². The molecule has 0 radical (unpaired) electrons. The van der Waals surface area contributed by atoms with Gasteiger partial charge in [-0.1, -0.05) is 35.8 Å². The summed E-state index contributed by atoms with van der Waals surface area (Å²) in [7, 11) is 0. The first-order chi connectivity index (χ1) is 9.25. The molecule has 0 heterocycles. The maximum absolute atomic E-state index is 12.5. The predicted molar refractivity (Wildman–Crippen MR) is 70.6 cm³/mol. The molecule has 1 aromatic carbocycles. The van der Waals surface area contributed by atoms with Crippen LogP contribution in [0.2, 0.25) is 0 Å². The van der Waals surface area contributed by atoms with Crippen LogP contribution >= 0.6 is 0 Å². The van der Waals surface area contributed by atoms with E-state index in [1.807, 2.05) is 24.3 Å². The van der Waals surface area contributed by atoms with E-state index in [9.17, 15) is 10.0 Å². The van der Waals surface area contributed by atoms with Crippen molar-refractivity contribution in [2.75, 3.05) is 6.61 Å². The number of esters is 1. The van der Waals surface area contributed by atoms with Crippen molar-refractivity contribution in [3.8, 4) is 0 Å². The number of carbonyl (C=O) groups is 1. The lowest BCUT2D eigenvalue weighted by Crippen LogP contribution is -2.45. The SMILES string of the molecule is CCOC(=O)C12CCCC(C1=NO)c1ccccc12. The number of benzene rings is 1. The van der Waals surface area contributed by atoms with E-state index < -0.39 is 5.41 Å². The van der Waals surface area contributed by atoms with Crippen LogP contribution in [0.15, 0.2) is 29.4 Å². The van der Waals surface area contributed by atoms with Gasteiger partial charge in [0.15, 0.2) is 0 Å². The van der Waals surface area contributed by atoms with Crippen LogP contribution in [0.4, 0.5) is 0 Å². The summed E-state index contributed by atoms with van der Waals surface area (Å²) in [5.41, 5.74) is 1.78. The molecule has 0 spiro atoms. The van der Waals surface area contributed by atoms with Gasteiger partial charge in [-0.2, -0.15) is 0 Å². The fourth-order valence-electron chi connectivity index (χ4n) is 3.62. The molecule has 2 bridgehead atoms. The van der Waals surface area contributed by atoms with Crippen molar-refractivity contribution in [2.24, 2.45) is 5.16 Å². The Labute approximate surface area is 112 Å². The lowest BCUT2D eigenvalue weighted by molar-refractivity contribution is -0.147. The number of hydrogen-bond donors (Lipinski definition) is 1. The lowest BCUT2D eigenvalue weighted by Gasteiger charge is -2.32. The van der Waals surface area contributed by atoms with Crippen LogP contribution in [-0.2, 0) is 14.9 Å². The highest BCUT2D eigenvalue weighted by Crippen LogP contribution is 2.53. The number of hydrogen-bond acceptors (Lipinski definition) is 4. The topological polar surface area (TPSA) is 58.9 Å². The average Bonchev–Trinajstić information content (AvgIpc) is 2.60. The second-order valence-electron chi connectivity index (χ2n) is 5.14. The monoisotopic (exact) mass is 259 g/mol. The van der Waals surface area contributed by atoms with Gasteiger partial charge in [0.05, 0.1) is 12.3 Å². The molecule has 1 aromatic rings. The zero-order valence-electron chi connectivity index (χ0n) is 10.9. The molecule has 0 saturated heterocycles. The van der Waals surface area contributed by atoms with Gasteiger partial charge in [-0.05, 0) is 30.9 Å². The van der Waals surface area contributed by atoms with E-state index in [2.05, 4.69) is 5.16 Å². The van der Waals surface area contributed by atoms with Gasteiger partial charge < -0.3 is 9.94 Å².